The molecular weight excluding hydrogens is 604 g/mol. The summed E-state index contributed by atoms with van der Waals surface area (Å²) in [5.41, 5.74) is 3.83. The van der Waals surface area contributed by atoms with Crippen molar-refractivity contribution >= 4 is 53.3 Å². The third-order valence-electron chi connectivity index (χ3n) is 5.84. The molecule has 0 amide bonds. The van der Waals surface area contributed by atoms with Gasteiger partial charge in [0.1, 0.15) is 10.7 Å². The lowest BCUT2D eigenvalue weighted by molar-refractivity contribution is 0.0980. The second-order valence-electron chi connectivity index (χ2n) is 8.40. The average molecular weight is 629 g/mol. The number of fused-ring (bicyclic) bond motifs is 2. The number of methoxy groups -OCH3 is 1. The van der Waals surface area contributed by atoms with Gasteiger partial charge in [0.25, 0.3) is 10.1 Å². The number of ketones is 2. The first-order valence-electron chi connectivity index (χ1n) is 11.3. The Labute approximate surface area is 235 Å². The van der Waals surface area contributed by atoms with Gasteiger partial charge < -0.3 is 15.8 Å². The number of hydrogen-bond acceptors (Lipinski definition) is 12. The second kappa shape index (κ2) is 11.6. The van der Waals surface area contributed by atoms with Gasteiger partial charge >= 0.3 is 10.4 Å². The van der Waals surface area contributed by atoms with E-state index in [1.165, 1.54) is 31.4 Å². The van der Waals surface area contributed by atoms with Crippen molar-refractivity contribution in [3.05, 3.63) is 87.7 Å². The van der Waals surface area contributed by atoms with Crippen LogP contribution in [0.5, 0.6) is 0 Å². The van der Waals surface area contributed by atoms with Crippen molar-refractivity contribution in [2.75, 3.05) is 30.5 Å². The SMILES string of the molecule is C=C/C(OC)=C(\C=C(/C)S(=O)(=O)CCOS(=O)(=O)O)Nc1cc(S(=O)(=O)O)c(N)c2c1C(=O)c1ccccc1C2=O. The van der Waals surface area contributed by atoms with Crippen LogP contribution in [0.4, 0.5) is 11.4 Å². The van der Waals surface area contributed by atoms with Crippen LogP contribution in [0.25, 0.3) is 0 Å². The molecule has 5 N–H and O–H groups in total. The van der Waals surface area contributed by atoms with E-state index >= 15 is 0 Å². The van der Waals surface area contributed by atoms with Crippen molar-refractivity contribution in [1.82, 2.24) is 0 Å². The molecule has 1 aliphatic rings. The number of sulfone groups is 1. The minimum Gasteiger partial charge on any atom is -0.495 e. The van der Waals surface area contributed by atoms with E-state index in [0.29, 0.717) is 0 Å². The number of nitrogens with two attached hydrogens (primary N) is 1. The lowest BCUT2D eigenvalue weighted by atomic mass is 9.82. The van der Waals surface area contributed by atoms with Crippen molar-refractivity contribution in [3.63, 3.8) is 0 Å². The molecule has 0 saturated carbocycles. The molecule has 0 aromatic heterocycles. The zero-order valence-electron chi connectivity index (χ0n) is 21.4. The van der Waals surface area contributed by atoms with Crippen molar-refractivity contribution in [3.8, 4) is 0 Å². The maximum Gasteiger partial charge on any atom is 0.397 e. The molecule has 0 bridgehead atoms. The number of carbonyl (C=O) groups excluding carboxylic acids is 2. The van der Waals surface area contributed by atoms with E-state index in [0.717, 1.165) is 25.1 Å². The normalized spacial score (nSPS) is 14.6. The first kappa shape index (κ1) is 31.7. The number of allylic oxidation sites excluding steroid dienone is 3. The second-order valence-corrected chi connectivity index (χ2v) is 13.2. The Morgan fingerprint density at radius 3 is 2.07 bits per heavy atom. The Balaban J connectivity index is 2.25. The summed E-state index contributed by atoms with van der Waals surface area (Å²) < 4.78 is 99.1. The Kier molecular flexibility index (Phi) is 8.92. The van der Waals surface area contributed by atoms with Crippen molar-refractivity contribution < 1.29 is 52.9 Å². The Morgan fingerprint density at radius 2 is 1.59 bits per heavy atom. The highest BCUT2D eigenvalue weighted by atomic mass is 32.3. The number of anilines is 2. The number of nitrogens with one attached hydrogen (secondary N) is 1. The van der Waals surface area contributed by atoms with Gasteiger partial charge in [0.05, 0.1) is 47.7 Å². The van der Waals surface area contributed by atoms with Crippen molar-refractivity contribution in [1.29, 1.82) is 0 Å². The summed E-state index contributed by atoms with van der Waals surface area (Å²) >= 11 is 0. The highest BCUT2D eigenvalue weighted by Crippen LogP contribution is 2.39. The highest BCUT2D eigenvalue weighted by Gasteiger charge is 2.36. The molecule has 3 rings (SSSR count). The van der Waals surface area contributed by atoms with Gasteiger partial charge in [-0.2, -0.15) is 16.8 Å². The number of rotatable bonds is 11. The topological polar surface area (TPSA) is 234 Å². The fraction of sp³-hybridized carbons (Fsp3) is 0.167. The van der Waals surface area contributed by atoms with Crippen LogP contribution >= 0.6 is 0 Å². The van der Waals surface area contributed by atoms with E-state index in [-0.39, 0.29) is 38.7 Å². The van der Waals surface area contributed by atoms with Gasteiger partial charge in [-0.25, -0.2) is 12.6 Å². The van der Waals surface area contributed by atoms with Gasteiger partial charge in [-0.3, -0.25) is 18.7 Å². The molecule has 2 aromatic rings. The number of ether oxygens (including phenoxy) is 1. The molecule has 0 spiro atoms. The smallest absolute Gasteiger partial charge is 0.397 e. The summed E-state index contributed by atoms with van der Waals surface area (Å²) in [7, 11) is -12.9. The first-order valence-corrected chi connectivity index (χ1v) is 15.7. The summed E-state index contributed by atoms with van der Waals surface area (Å²) in [6, 6.07) is 6.52. The molecule has 0 unspecified atom stereocenters. The van der Waals surface area contributed by atoms with E-state index < -0.39 is 70.4 Å². The van der Waals surface area contributed by atoms with Crippen LogP contribution in [-0.4, -0.2) is 65.4 Å². The number of carbonyl (C=O) groups is 2. The van der Waals surface area contributed by atoms with E-state index in [4.69, 9.17) is 15.0 Å². The minimum atomic E-state index is -5.03. The van der Waals surface area contributed by atoms with Crippen LogP contribution < -0.4 is 11.1 Å². The molecule has 0 heterocycles. The molecule has 14 nitrogen and oxygen atoms in total. The summed E-state index contributed by atoms with van der Waals surface area (Å²) in [6.45, 7) is 3.79. The largest absolute Gasteiger partial charge is 0.495 e. The van der Waals surface area contributed by atoms with Crippen LogP contribution in [0.15, 0.2) is 70.3 Å². The fourth-order valence-electron chi connectivity index (χ4n) is 3.93. The van der Waals surface area contributed by atoms with Crippen LogP contribution in [0.2, 0.25) is 0 Å². The molecule has 0 radical (unpaired) electrons. The number of nitrogen functional groups attached to an aromatic ring is 1. The van der Waals surface area contributed by atoms with Crippen molar-refractivity contribution in [2.24, 2.45) is 0 Å². The number of benzene rings is 2. The third-order valence-corrected chi connectivity index (χ3v) is 9.00. The molecule has 17 heteroatoms. The maximum absolute atomic E-state index is 13.5. The van der Waals surface area contributed by atoms with Gasteiger partial charge in [0, 0.05) is 16.0 Å². The molecular formula is C24H24N2O12S3. The third kappa shape index (κ3) is 6.72. The summed E-state index contributed by atoms with van der Waals surface area (Å²) in [4.78, 5) is 25.6. The molecule has 1 aliphatic carbocycles. The molecule has 2 aromatic carbocycles. The molecule has 0 fully saturated rings. The van der Waals surface area contributed by atoms with Crippen LogP contribution in [0, 0.1) is 0 Å². The fourth-order valence-corrected chi connectivity index (χ4v) is 5.89. The zero-order valence-corrected chi connectivity index (χ0v) is 23.9. The Bertz CT molecular complexity index is 1860. The summed E-state index contributed by atoms with van der Waals surface area (Å²) in [5, 5.41) is 2.69. The first-order chi connectivity index (χ1) is 18.9. The van der Waals surface area contributed by atoms with E-state index in [1.807, 2.05) is 0 Å². The Hall–Kier alpha value is -3.87. The van der Waals surface area contributed by atoms with Gasteiger partial charge in [0.2, 0.25) is 0 Å². The molecule has 0 atom stereocenters. The number of hydrogen-bond donors (Lipinski definition) is 4. The molecule has 41 heavy (non-hydrogen) atoms. The highest BCUT2D eigenvalue weighted by molar-refractivity contribution is 7.95. The molecule has 0 saturated heterocycles. The maximum atomic E-state index is 13.5. The van der Waals surface area contributed by atoms with Gasteiger partial charge in [0.15, 0.2) is 21.4 Å². The van der Waals surface area contributed by atoms with E-state index in [2.05, 4.69) is 16.1 Å². The van der Waals surface area contributed by atoms with E-state index in [9.17, 15) is 39.4 Å². The lowest BCUT2D eigenvalue weighted by Gasteiger charge is -2.24. The van der Waals surface area contributed by atoms with Gasteiger partial charge in [-0.15, -0.1) is 0 Å². The van der Waals surface area contributed by atoms with Crippen LogP contribution in [0.1, 0.15) is 38.8 Å². The van der Waals surface area contributed by atoms with Gasteiger partial charge in [-0.1, -0.05) is 30.8 Å². The molecule has 0 aliphatic heterocycles. The standard InChI is InChI=1S/C24H24N2O12S3/c1-4-18(37-3)16(11-13(2)39(29,30)10-9-38-41(34,35)36)26-17-12-19(40(31,32)33)22(25)21-20(17)23(27)14-7-5-6-8-15(14)24(21)28/h4-8,11-12,26H,1,9-10,25H2,2-3H3,(H,31,32,33)(H,34,35,36)/b13-11+,18-16-. The van der Waals surface area contributed by atoms with Crippen LogP contribution in [0.3, 0.4) is 0 Å². The minimum absolute atomic E-state index is 0.0126. The summed E-state index contributed by atoms with van der Waals surface area (Å²) in [6.07, 6.45) is 2.15. The lowest BCUT2D eigenvalue weighted by Crippen LogP contribution is -2.25. The summed E-state index contributed by atoms with van der Waals surface area (Å²) in [5.74, 6) is -2.50. The quantitative estimate of drug-likeness (QED) is 0.103. The molecule has 220 valence electrons. The van der Waals surface area contributed by atoms with Crippen molar-refractivity contribution in [2.45, 2.75) is 11.8 Å². The van der Waals surface area contributed by atoms with Crippen LogP contribution in [-0.2, 0) is 39.3 Å². The monoisotopic (exact) mass is 628 g/mol. The van der Waals surface area contributed by atoms with Gasteiger partial charge in [-0.05, 0) is 25.1 Å². The van der Waals surface area contributed by atoms with E-state index in [1.54, 1.807) is 0 Å². The predicted molar refractivity (Wildman–Crippen MR) is 147 cm³/mol. The Morgan fingerprint density at radius 1 is 1.02 bits per heavy atom. The zero-order chi connectivity index (χ0) is 30.9. The predicted octanol–water partition coefficient (Wildman–Crippen LogP) is 1.88. The average Bonchev–Trinajstić information content (AvgIpc) is 2.87.